The summed E-state index contributed by atoms with van der Waals surface area (Å²) >= 11 is 0. The topological polar surface area (TPSA) is 54.4 Å². The molecule has 1 heterocycles. The quantitative estimate of drug-likeness (QED) is 0.603. The molecule has 4 heteroatoms. The number of nitrogens with zero attached hydrogens (tertiary/aromatic N) is 2. The van der Waals surface area contributed by atoms with Crippen LogP contribution in [0.2, 0.25) is 0 Å². The molecule has 0 aliphatic rings. The fourth-order valence-electron chi connectivity index (χ4n) is 1.13. The second-order valence-corrected chi connectivity index (χ2v) is 3.28. The molecule has 1 aromatic heterocycles. The van der Waals surface area contributed by atoms with Crippen LogP contribution >= 0.6 is 0 Å². The maximum atomic E-state index is 11.5. The summed E-state index contributed by atoms with van der Waals surface area (Å²) in [6.07, 6.45) is 5.06. The summed E-state index contributed by atoms with van der Waals surface area (Å²) in [5.74, 6) is -0.224. The van der Waals surface area contributed by atoms with Gasteiger partial charge >= 0.3 is 0 Å². The molecule has 0 spiro atoms. The lowest BCUT2D eigenvalue weighted by Gasteiger charge is -2.00. The van der Waals surface area contributed by atoms with Crippen LogP contribution in [0.25, 0.3) is 0 Å². The van der Waals surface area contributed by atoms with Crippen LogP contribution in [0.4, 0.5) is 0 Å². The predicted molar refractivity (Wildman–Crippen MR) is 59.7 cm³/mol. The van der Waals surface area contributed by atoms with Gasteiger partial charge in [-0.1, -0.05) is 13.3 Å². The van der Waals surface area contributed by atoms with Crippen molar-refractivity contribution < 1.29 is 4.79 Å². The number of hydrogen-bond acceptors (Lipinski definition) is 3. The first-order chi connectivity index (χ1) is 7.24. The number of nitrogens with one attached hydrogen (secondary N) is 1. The third-order valence-corrected chi connectivity index (χ3v) is 1.88. The molecule has 80 valence electrons. The zero-order valence-electron chi connectivity index (χ0n) is 9.03. The molecule has 0 bridgehead atoms. The summed E-state index contributed by atoms with van der Waals surface area (Å²) in [5, 5.41) is 3.98. The first kappa shape index (κ1) is 11.4. The Morgan fingerprint density at radius 3 is 3.00 bits per heavy atom. The molecule has 0 fully saturated rings. The van der Waals surface area contributed by atoms with Crippen LogP contribution in [0.1, 0.15) is 37.0 Å². The van der Waals surface area contributed by atoms with Crippen molar-refractivity contribution in [3.8, 4) is 0 Å². The molecule has 1 amide bonds. The molecule has 1 N–H and O–H groups in total. The van der Waals surface area contributed by atoms with E-state index in [4.69, 9.17) is 0 Å². The van der Waals surface area contributed by atoms with Gasteiger partial charge in [-0.3, -0.25) is 9.78 Å². The summed E-state index contributed by atoms with van der Waals surface area (Å²) in [7, 11) is 0. The molecule has 0 saturated carbocycles. The lowest BCUT2D eigenvalue weighted by Crippen LogP contribution is -2.19. The lowest BCUT2D eigenvalue weighted by molar-refractivity contribution is 0.0954. The highest BCUT2D eigenvalue weighted by Crippen LogP contribution is 1.95. The molecule has 0 radical (unpaired) electrons. The molecule has 0 unspecified atom stereocenters. The minimum absolute atomic E-state index is 0.224. The highest BCUT2D eigenvalue weighted by Gasteiger charge is 2.02. The third-order valence-electron chi connectivity index (χ3n) is 1.88. The molecule has 0 atom stereocenters. The van der Waals surface area contributed by atoms with Crippen molar-refractivity contribution in [2.24, 2.45) is 5.10 Å². The summed E-state index contributed by atoms with van der Waals surface area (Å²) in [6, 6.07) is 3.42. The van der Waals surface area contributed by atoms with Gasteiger partial charge in [-0.25, -0.2) is 5.43 Å². The minimum Gasteiger partial charge on any atom is -0.267 e. The van der Waals surface area contributed by atoms with Crippen LogP contribution in [0.3, 0.4) is 0 Å². The summed E-state index contributed by atoms with van der Waals surface area (Å²) in [5.41, 5.74) is 3.94. The van der Waals surface area contributed by atoms with E-state index in [1.807, 2.05) is 6.92 Å². The molecular weight excluding hydrogens is 190 g/mol. The van der Waals surface area contributed by atoms with E-state index in [-0.39, 0.29) is 5.91 Å². The van der Waals surface area contributed by atoms with Crippen molar-refractivity contribution in [2.45, 2.75) is 26.7 Å². The Morgan fingerprint density at radius 2 is 2.40 bits per heavy atom. The molecular formula is C11H15N3O. The Balaban J connectivity index is 2.54. The monoisotopic (exact) mass is 205 g/mol. The van der Waals surface area contributed by atoms with Crippen LogP contribution in [0.5, 0.6) is 0 Å². The Bertz CT molecular complexity index is 346. The first-order valence-electron chi connectivity index (χ1n) is 4.97. The normalized spacial score (nSPS) is 11.2. The van der Waals surface area contributed by atoms with E-state index in [1.54, 1.807) is 18.3 Å². The molecule has 15 heavy (non-hydrogen) atoms. The SMILES string of the molecule is CCCC(C)=NNC(=O)c1cccnc1. The van der Waals surface area contributed by atoms with Gasteiger partial charge in [-0.2, -0.15) is 5.10 Å². The van der Waals surface area contributed by atoms with E-state index in [2.05, 4.69) is 22.4 Å². The Hall–Kier alpha value is -1.71. The van der Waals surface area contributed by atoms with E-state index in [1.165, 1.54) is 6.20 Å². The Kier molecular flexibility index (Phi) is 4.47. The maximum absolute atomic E-state index is 11.5. The molecule has 4 nitrogen and oxygen atoms in total. The van der Waals surface area contributed by atoms with Crippen molar-refractivity contribution in [1.29, 1.82) is 0 Å². The molecule has 1 aromatic rings. The second kappa shape index (κ2) is 5.90. The van der Waals surface area contributed by atoms with Gasteiger partial charge in [0.1, 0.15) is 0 Å². The number of carbonyl (C=O) groups excluding carboxylic acids is 1. The van der Waals surface area contributed by atoms with Crippen LogP contribution in [-0.2, 0) is 0 Å². The Morgan fingerprint density at radius 1 is 1.60 bits per heavy atom. The van der Waals surface area contributed by atoms with E-state index >= 15 is 0 Å². The second-order valence-electron chi connectivity index (χ2n) is 3.28. The van der Waals surface area contributed by atoms with Crippen molar-refractivity contribution in [2.75, 3.05) is 0 Å². The lowest BCUT2D eigenvalue weighted by atomic mass is 10.2. The highest BCUT2D eigenvalue weighted by atomic mass is 16.2. The molecule has 1 rings (SSSR count). The Labute approximate surface area is 89.4 Å². The fourth-order valence-corrected chi connectivity index (χ4v) is 1.13. The number of rotatable bonds is 4. The van der Waals surface area contributed by atoms with Crippen LogP contribution in [0.15, 0.2) is 29.6 Å². The number of amides is 1. The van der Waals surface area contributed by atoms with Crippen molar-refractivity contribution in [3.05, 3.63) is 30.1 Å². The van der Waals surface area contributed by atoms with Gasteiger partial charge in [0, 0.05) is 18.1 Å². The zero-order valence-corrected chi connectivity index (χ0v) is 9.03. The summed E-state index contributed by atoms with van der Waals surface area (Å²) in [4.78, 5) is 15.4. The third kappa shape index (κ3) is 3.89. The van der Waals surface area contributed by atoms with E-state index < -0.39 is 0 Å². The predicted octanol–water partition coefficient (Wildman–Crippen LogP) is 1.99. The van der Waals surface area contributed by atoms with Gasteiger partial charge in [-0.15, -0.1) is 0 Å². The van der Waals surface area contributed by atoms with Crippen LogP contribution in [-0.4, -0.2) is 16.6 Å². The largest absolute Gasteiger partial charge is 0.272 e. The average Bonchev–Trinajstić information content (AvgIpc) is 2.27. The summed E-state index contributed by atoms with van der Waals surface area (Å²) < 4.78 is 0. The minimum atomic E-state index is -0.224. The van der Waals surface area contributed by atoms with Gasteiger partial charge in [0.25, 0.3) is 5.91 Å². The first-order valence-corrected chi connectivity index (χ1v) is 4.97. The van der Waals surface area contributed by atoms with Gasteiger partial charge in [0.05, 0.1) is 5.56 Å². The van der Waals surface area contributed by atoms with Gasteiger partial charge < -0.3 is 0 Å². The molecule has 0 aromatic carbocycles. The number of carbonyl (C=O) groups is 1. The smallest absolute Gasteiger partial charge is 0.267 e. The van der Waals surface area contributed by atoms with Crippen LogP contribution < -0.4 is 5.43 Å². The van der Waals surface area contributed by atoms with Gasteiger partial charge in [-0.05, 0) is 25.5 Å². The molecule has 0 aliphatic heterocycles. The van der Waals surface area contributed by atoms with E-state index in [0.29, 0.717) is 5.56 Å². The summed E-state index contributed by atoms with van der Waals surface area (Å²) in [6.45, 7) is 3.97. The van der Waals surface area contributed by atoms with Crippen LogP contribution in [0, 0.1) is 0 Å². The van der Waals surface area contributed by atoms with E-state index in [0.717, 1.165) is 18.6 Å². The van der Waals surface area contributed by atoms with Crippen molar-refractivity contribution >= 4 is 11.6 Å². The van der Waals surface area contributed by atoms with Gasteiger partial charge in [0.15, 0.2) is 0 Å². The fraction of sp³-hybridized carbons (Fsp3) is 0.364. The number of hydrazone groups is 1. The van der Waals surface area contributed by atoms with Crippen molar-refractivity contribution in [3.63, 3.8) is 0 Å². The van der Waals surface area contributed by atoms with Crippen molar-refractivity contribution in [1.82, 2.24) is 10.4 Å². The number of pyridine rings is 1. The highest BCUT2D eigenvalue weighted by molar-refractivity contribution is 5.94. The molecule has 0 saturated heterocycles. The van der Waals surface area contributed by atoms with E-state index in [9.17, 15) is 4.79 Å². The number of hydrogen-bond donors (Lipinski definition) is 1. The maximum Gasteiger partial charge on any atom is 0.272 e. The average molecular weight is 205 g/mol. The molecule has 0 aliphatic carbocycles. The zero-order chi connectivity index (χ0) is 11.1. The standard InChI is InChI=1S/C11H15N3O/c1-3-5-9(2)13-14-11(15)10-6-4-7-12-8-10/h4,6-8H,3,5H2,1-2H3,(H,14,15). The number of aromatic nitrogens is 1. The van der Waals surface area contributed by atoms with Gasteiger partial charge in [0.2, 0.25) is 0 Å².